The molecule has 0 aromatic heterocycles. The molecule has 43 valence electrons. The van der Waals surface area contributed by atoms with E-state index in [0.29, 0.717) is 0 Å². The third-order valence-electron chi connectivity index (χ3n) is 0.954. The Bertz CT molecular complexity index is 127. The lowest BCUT2D eigenvalue weighted by atomic mass is 10.6. The van der Waals surface area contributed by atoms with Crippen molar-refractivity contribution in [1.82, 2.24) is 10.2 Å². The van der Waals surface area contributed by atoms with Crippen LogP contribution >= 0.6 is 0 Å². The molecule has 0 unspecified atom stereocenters. The fraction of sp³-hybridized carbons (Fsp3) is 0.250. The second-order valence-electron chi connectivity index (χ2n) is 1.49. The molecule has 1 fully saturated rings. The summed E-state index contributed by atoms with van der Waals surface area (Å²) in [4.78, 5) is 21.7. The number of rotatable bonds is 0. The Labute approximate surface area is 46.5 Å². The van der Waals surface area contributed by atoms with Crippen LogP contribution in [0.2, 0.25) is 0 Å². The zero-order valence-corrected chi connectivity index (χ0v) is 4.34. The molecule has 0 aliphatic carbocycles. The molecule has 1 radical (unpaired) electrons. The van der Waals surface area contributed by atoms with Crippen LogP contribution in [0.5, 0.6) is 0 Å². The van der Waals surface area contributed by atoms with Crippen LogP contribution in [-0.2, 0) is 4.79 Å². The number of carbonyl (C=O) groups is 2. The molecular formula is C4H5N2O2. The monoisotopic (exact) mass is 113 g/mol. The zero-order chi connectivity index (χ0) is 6.15. The first-order valence-corrected chi connectivity index (χ1v) is 2.13. The van der Waals surface area contributed by atoms with Crippen LogP contribution in [0.4, 0.5) is 4.79 Å². The van der Waals surface area contributed by atoms with Gasteiger partial charge in [0.15, 0.2) is 0 Å². The average molecular weight is 113 g/mol. The van der Waals surface area contributed by atoms with Crippen LogP contribution in [0.1, 0.15) is 0 Å². The standard InChI is InChI=1S/C4H5N2O2/c1-6-3(7)2-5-4(6)8/h2H,1H3,(H,5,8). The number of hydrogen-bond donors (Lipinski definition) is 1. The Morgan fingerprint density at radius 2 is 2.25 bits per heavy atom. The number of carbonyl (C=O) groups excluding carboxylic acids is 2. The van der Waals surface area contributed by atoms with Crippen molar-refractivity contribution in [2.24, 2.45) is 0 Å². The maximum Gasteiger partial charge on any atom is 0.324 e. The Morgan fingerprint density at radius 3 is 2.38 bits per heavy atom. The Kier molecular flexibility index (Phi) is 0.932. The van der Waals surface area contributed by atoms with Crippen molar-refractivity contribution in [2.45, 2.75) is 0 Å². The van der Waals surface area contributed by atoms with E-state index in [1.54, 1.807) is 0 Å². The Morgan fingerprint density at radius 1 is 1.62 bits per heavy atom. The van der Waals surface area contributed by atoms with Gasteiger partial charge in [0.2, 0.25) is 0 Å². The fourth-order valence-electron chi connectivity index (χ4n) is 0.417. The van der Waals surface area contributed by atoms with Crippen molar-refractivity contribution >= 4 is 11.9 Å². The highest BCUT2D eigenvalue weighted by molar-refractivity contribution is 6.05. The number of likely N-dealkylation sites (N-methyl/N-ethyl adjacent to an activating group) is 1. The molecule has 4 heteroatoms. The number of hydrogen-bond acceptors (Lipinski definition) is 2. The van der Waals surface area contributed by atoms with E-state index in [4.69, 9.17) is 0 Å². The summed E-state index contributed by atoms with van der Waals surface area (Å²) in [5.41, 5.74) is 0. The molecule has 0 saturated carbocycles. The highest BCUT2D eigenvalue weighted by atomic mass is 16.2. The molecule has 1 rings (SSSR count). The number of nitrogens with zero attached hydrogens (tertiary/aromatic N) is 1. The van der Waals surface area contributed by atoms with Crippen molar-refractivity contribution in [3.05, 3.63) is 6.54 Å². The minimum absolute atomic E-state index is 0.296. The van der Waals surface area contributed by atoms with Crippen LogP contribution in [-0.4, -0.2) is 23.9 Å². The summed E-state index contributed by atoms with van der Waals surface area (Å²) < 4.78 is 0. The third kappa shape index (κ3) is 0.538. The molecule has 4 nitrogen and oxygen atoms in total. The van der Waals surface area contributed by atoms with Gasteiger partial charge < -0.3 is 5.32 Å². The van der Waals surface area contributed by atoms with Crippen LogP contribution in [0.25, 0.3) is 0 Å². The van der Waals surface area contributed by atoms with Gasteiger partial charge in [0.1, 0.15) is 6.54 Å². The lowest BCUT2D eigenvalue weighted by Crippen LogP contribution is -2.25. The first kappa shape index (κ1) is 5.08. The summed E-state index contributed by atoms with van der Waals surface area (Å²) in [5.74, 6) is -0.296. The van der Waals surface area contributed by atoms with Gasteiger partial charge in [-0.1, -0.05) is 0 Å². The SMILES string of the molecule is CN1C(=O)[CH]NC1=O. The van der Waals surface area contributed by atoms with Gasteiger partial charge in [-0.05, 0) is 0 Å². The van der Waals surface area contributed by atoms with E-state index < -0.39 is 0 Å². The third-order valence-corrected chi connectivity index (χ3v) is 0.954. The van der Waals surface area contributed by atoms with Crippen molar-refractivity contribution in [2.75, 3.05) is 7.05 Å². The highest BCUT2D eigenvalue weighted by Crippen LogP contribution is 1.95. The van der Waals surface area contributed by atoms with Crippen molar-refractivity contribution in [3.63, 3.8) is 0 Å². The normalized spacial score (nSPS) is 19.4. The summed E-state index contributed by atoms with van der Waals surface area (Å²) in [6.07, 6.45) is 0. The molecule has 1 saturated heterocycles. The van der Waals surface area contributed by atoms with E-state index in [1.807, 2.05) is 0 Å². The molecule has 1 aliphatic rings. The van der Waals surface area contributed by atoms with Crippen LogP contribution in [0.15, 0.2) is 0 Å². The fourth-order valence-corrected chi connectivity index (χ4v) is 0.417. The van der Waals surface area contributed by atoms with Gasteiger partial charge in [-0.3, -0.25) is 9.69 Å². The summed E-state index contributed by atoms with van der Waals surface area (Å²) in [5, 5.41) is 2.23. The lowest BCUT2D eigenvalue weighted by Gasteiger charge is -1.99. The van der Waals surface area contributed by atoms with Gasteiger partial charge in [-0.25, -0.2) is 4.79 Å². The number of amides is 3. The van der Waals surface area contributed by atoms with Crippen LogP contribution in [0.3, 0.4) is 0 Å². The van der Waals surface area contributed by atoms with E-state index in [2.05, 4.69) is 5.32 Å². The second kappa shape index (κ2) is 1.47. The van der Waals surface area contributed by atoms with Crippen molar-refractivity contribution in [1.29, 1.82) is 0 Å². The van der Waals surface area contributed by atoms with Gasteiger partial charge in [0.05, 0.1) is 0 Å². The Balaban J connectivity index is 2.70. The molecule has 3 amide bonds. The molecule has 0 aromatic rings. The predicted octanol–water partition coefficient (Wildman–Crippen LogP) is -0.670. The smallest absolute Gasteiger partial charge is 0.323 e. The molecule has 0 bridgehead atoms. The van der Waals surface area contributed by atoms with Crippen LogP contribution in [0, 0.1) is 6.54 Å². The summed E-state index contributed by atoms with van der Waals surface area (Å²) >= 11 is 0. The van der Waals surface area contributed by atoms with Gasteiger partial charge in [-0.2, -0.15) is 0 Å². The van der Waals surface area contributed by atoms with E-state index in [1.165, 1.54) is 7.05 Å². The average Bonchev–Trinajstić information content (AvgIpc) is 1.98. The predicted molar refractivity (Wildman–Crippen MR) is 25.6 cm³/mol. The van der Waals surface area contributed by atoms with Crippen LogP contribution < -0.4 is 5.32 Å². The molecule has 1 N–H and O–H groups in total. The summed E-state index contributed by atoms with van der Waals surface area (Å²) in [6.45, 7) is 1.13. The van der Waals surface area contributed by atoms with E-state index in [0.717, 1.165) is 11.4 Å². The van der Waals surface area contributed by atoms with E-state index >= 15 is 0 Å². The number of imide groups is 1. The number of nitrogens with one attached hydrogen (secondary N) is 1. The minimum Gasteiger partial charge on any atom is -0.323 e. The molecule has 0 aromatic carbocycles. The second-order valence-corrected chi connectivity index (χ2v) is 1.49. The molecule has 8 heavy (non-hydrogen) atoms. The zero-order valence-electron chi connectivity index (χ0n) is 4.34. The van der Waals surface area contributed by atoms with E-state index in [-0.39, 0.29) is 11.9 Å². The van der Waals surface area contributed by atoms with Gasteiger partial charge >= 0.3 is 6.03 Å². The number of urea groups is 1. The molecular weight excluding hydrogens is 108 g/mol. The molecule has 0 atom stereocenters. The highest BCUT2D eigenvalue weighted by Gasteiger charge is 2.24. The largest absolute Gasteiger partial charge is 0.324 e. The van der Waals surface area contributed by atoms with Gasteiger partial charge in [0, 0.05) is 7.05 Å². The maximum atomic E-state index is 10.4. The summed E-state index contributed by atoms with van der Waals surface area (Å²) in [7, 11) is 1.42. The molecule has 1 heterocycles. The minimum atomic E-state index is -0.366. The summed E-state index contributed by atoms with van der Waals surface area (Å²) in [6, 6.07) is -0.366. The van der Waals surface area contributed by atoms with Gasteiger partial charge in [-0.15, -0.1) is 0 Å². The lowest BCUT2D eigenvalue weighted by molar-refractivity contribution is -0.122. The Hall–Kier alpha value is -1.06. The quantitative estimate of drug-likeness (QED) is 0.423. The van der Waals surface area contributed by atoms with Gasteiger partial charge in [0.25, 0.3) is 5.91 Å². The van der Waals surface area contributed by atoms with Crippen molar-refractivity contribution in [3.8, 4) is 0 Å². The topological polar surface area (TPSA) is 49.4 Å². The molecule has 0 spiro atoms. The first-order valence-electron chi connectivity index (χ1n) is 2.13. The maximum absolute atomic E-state index is 10.4. The van der Waals surface area contributed by atoms with Crippen molar-refractivity contribution < 1.29 is 9.59 Å². The van der Waals surface area contributed by atoms with E-state index in [9.17, 15) is 9.59 Å². The first-order chi connectivity index (χ1) is 3.72. The molecule has 1 aliphatic heterocycles.